The van der Waals surface area contributed by atoms with Gasteiger partial charge in [0.2, 0.25) is 0 Å². The molecule has 27 aromatic carbocycles. The summed E-state index contributed by atoms with van der Waals surface area (Å²) in [6.45, 7) is 0. The molecule has 3 heteroatoms. The van der Waals surface area contributed by atoms with Gasteiger partial charge < -0.3 is 13.3 Å². The standard InChI is InChI=1S/3C46H28O/c1-2-12-31-26-35(21-20-29(31)10-1)45-39-18-7-5-16-37(39)44(38-17-6-8-19-40(38)45)34-14-9-13-32(27-34)33-23-24-42-41(28-33)46-36-15-4-3-11-30(36)22-25-43(46)47-42;1-2-14-31(15-3-1)43-33-16-6-4-12-29(33)22-25-39(43)45-37-20-10-8-18-35(37)44(36-19-9-11-21-38(36)45)32-24-26-41-40(28-32)46-34-17-7-5-13-30(34)23-27-42(46)47-41;1-2-12-29(13-3-1)39-26-31-15-4-5-16-32(31)27-40(39)45-37-20-10-8-18-35(37)44(36-19-9-11-21-38(36)45)33-23-24-42-41(28-33)46-34-17-7-6-14-30(34)22-25-43(46)47-42/h3*1-28H. The molecule has 0 aliphatic rings. The molecule has 0 fully saturated rings. The van der Waals surface area contributed by atoms with Crippen molar-refractivity contribution in [3.05, 3.63) is 510 Å². The van der Waals surface area contributed by atoms with E-state index in [9.17, 15) is 0 Å². The highest BCUT2D eigenvalue weighted by Gasteiger charge is 2.27. The second kappa shape index (κ2) is 33.2. The molecule has 0 aliphatic carbocycles. The number of hydrogen-bond acceptors (Lipinski definition) is 3. The molecule has 3 heterocycles. The van der Waals surface area contributed by atoms with Crippen LogP contribution < -0.4 is 0 Å². The van der Waals surface area contributed by atoms with Crippen LogP contribution in [0.15, 0.2) is 523 Å². The van der Waals surface area contributed by atoms with E-state index in [0.717, 1.165) is 49.7 Å². The Labute approximate surface area is 812 Å². The summed E-state index contributed by atoms with van der Waals surface area (Å²) < 4.78 is 19.1. The first-order chi connectivity index (χ1) is 69.9. The molecule has 141 heavy (non-hydrogen) atoms. The first-order valence-electron chi connectivity index (χ1n) is 48.5. The van der Waals surface area contributed by atoms with Crippen LogP contribution in [0.5, 0.6) is 0 Å². The van der Waals surface area contributed by atoms with E-state index in [-0.39, 0.29) is 0 Å². The van der Waals surface area contributed by atoms with Crippen LogP contribution in [0.1, 0.15) is 0 Å². The van der Waals surface area contributed by atoms with Gasteiger partial charge in [0.15, 0.2) is 0 Å². The molecule has 30 rings (SSSR count). The smallest absolute Gasteiger partial charge is 0.136 e. The van der Waals surface area contributed by atoms with Crippen molar-refractivity contribution in [1.29, 1.82) is 0 Å². The predicted octanol–water partition coefficient (Wildman–Crippen LogP) is 39.6. The Morgan fingerprint density at radius 3 is 0.759 bits per heavy atom. The van der Waals surface area contributed by atoms with Gasteiger partial charge in [-0.2, -0.15) is 0 Å². The maximum absolute atomic E-state index is 6.39. The average Bonchev–Trinajstić information content (AvgIpc) is 1.50. The molecule has 30 aromatic rings. The molecule has 0 N–H and O–H groups in total. The van der Waals surface area contributed by atoms with Crippen molar-refractivity contribution in [3.8, 4) is 100 Å². The molecule has 3 nitrogen and oxygen atoms in total. The lowest BCUT2D eigenvalue weighted by molar-refractivity contribution is 0.669. The molecule has 3 aromatic heterocycles. The molecule has 0 unspecified atom stereocenters. The van der Waals surface area contributed by atoms with Crippen LogP contribution >= 0.6 is 0 Å². The zero-order chi connectivity index (χ0) is 92.7. The quantitative estimate of drug-likeness (QED) is 0.135. The maximum atomic E-state index is 6.39. The average molecular weight is 1790 g/mol. The number of fused-ring (bicyclic) bond motifs is 24. The zero-order valence-corrected chi connectivity index (χ0v) is 76.7. The minimum Gasteiger partial charge on any atom is -0.456 e. The van der Waals surface area contributed by atoms with E-state index < -0.39 is 0 Å². The topological polar surface area (TPSA) is 39.4 Å². The Morgan fingerprint density at radius 1 is 0.0993 bits per heavy atom. The molecule has 0 aliphatic heterocycles. The lowest BCUT2D eigenvalue weighted by atomic mass is 9.82. The Bertz CT molecular complexity index is 9960. The van der Waals surface area contributed by atoms with E-state index in [4.69, 9.17) is 13.3 Å². The second-order valence-electron chi connectivity index (χ2n) is 37.3. The third kappa shape index (κ3) is 13.4. The van der Waals surface area contributed by atoms with E-state index in [1.54, 1.807) is 0 Å². The molecule has 654 valence electrons. The largest absolute Gasteiger partial charge is 0.456 e. The molecule has 0 spiro atoms. The summed E-state index contributed by atoms with van der Waals surface area (Å²) in [6, 6.07) is 185. The fourth-order valence-electron chi connectivity index (χ4n) is 23.2. The lowest BCUT2D eigenvalue weighted by Gasteiger charge is -2.21. The normalized spacial score (nSPS) is 11.8. The van der Waals surface area contributed by atoms with Gasteiger partial charge in [0, 0.05) is 32.3 Å². The fourth-order valence-corrected chi connectivity index (χ4v) is 23.2. The summed E-state index contributed by atoms with van der Waals surface area (Å²) in [5, 5.41) is 36.8. The van der Waals surface area contributed by atoms with Gasteiger partial charge in [0.25, 0.3) is 0 Å². The van der Waals surface area contributed by atoms with Gasteiger partial charge in [0.05, 0.1) is 0 Å². The van der Waals surface area contributed by atoms with Crippen molar-refractivity contribution < 1.29 is 13.3 Å². The van der Waals surface area contributed by atoms with E-state index >= 15 is 0 Å². The number of hydrogen-bond donors (Lipinski definition) is 0. The summed E-state index contributed by atoms with van der Waals surface area (Å²) in [6.07, 6.45) is 0. The monoisotopic (exact) mass is 1790 g/mol. The molecule has 0 saturated carbocycles. The van der Waals surface area contributed by atoms with Crippen molar-refractivity contribution in [2.24, 2.45) is 0 Å². The van der Waals surface area contributed by atoms with Crippen LogP contribution in [-0.2, 0) is 0 Å². The van der Waals surface area contributed by atoms with Crippen LogP contribution in [0.3, 0.4) is 0 Å². The zero-order valence-electron chi connectivity index (χ0n) is 76.7. The Morgan fingerprint density at radius 2 is 0.348 bits per heavy atom. The molecule has 0 atom stereocenters. The molecule has 0 saturated heterocycles. The molecular weight excluding hydrogens is 1710 g/mol. The Hall–Kier alpha value is -18.5. The number of rotatable bonds is 9. The van der Waals surface area contributed by atoms with E-state index in [1.807, 2.05) is 0 Å². The highest BCUT2D eigenvalue weighted by molar-refractivity contribution is 6.30. The van der Waals surface area contributed by atoms with Crippen LogP contribution in [0, 0.1) is 0 Å². The van der Waals surface area contributed by atoms with Gasteiger partial charge in [-0.15, -0.1) is 0 Å². The van der Waals surface area contributed by atoms with Crippen molar-refractivity contribution in [2.45, 2.75) is 0 Å². The van der Waals surface area contributed by atoms with Crippen LogP contribution in [0.25, 0.3) is 295 Å². The van der Waals surface area contributed by atoms with Gasteiger partial charge >= 0.3 is 0 Å². The first-order valence-corrected chi connectivity index (χ1v) is 48.5. The van der Waals surface area contributed by atoms with Gasteiger partial charge in [-0.1, -0.05) is 431 Å². The first kappa shape index (κ1) is 80.9. The van der Waals surface area contributed by atoms with Crippen molar-refractivity contribution >= 4 is 195 Å². The number of benzene rings is 27. The fraction of sp³-hybridized carbons (Fsp3) is 0. The summed E-state index contributed by atoms with van der Waals surface area (Å²) in [7, 11) is 0. The Kier molecular flexibility index (Phi) is 19.0. The van der Waals surface area contributed by atoms with Crippen molar-refractivity contribution in [3.63, 3.8) is 0 Å². The van der Waals surface area contributed by atoms with Crippen LogP contribution in [-0.4, -0.2) is 0 Å². The van der Waals surface area contributed by atoms with Gasteiger partial charge in [-0.25, -0.2) is 0 Å². The number of furan rings is 3. The van der Waals surface area contributed by atoms with Gasteiger partial charge in [0.1, 0.15) is 33.5 Å². The Balaban J connectivity index is 0.000000104. The predicted molar refractivity (Wildman–Crippen MR) is 600 cm³/mol. The van der Waals surface area contributed by atoms with Gasteiger partial charge in [-0.05, 0) is 308 Å². The third-order valence-electron chi connectivity index (χ3n) is 29.5. The van der Waals surface area contributed by atoms with Crippen LogP contribution in [0.2, 0.25) is 0 Å². The molecular formula is C138H84O3. The SMILES string of the molecule is c1cc(-c2ccc3oc4ccc5ccccc5c4c3c2)cc(-c2c3ccccc3c(-c3ccc4ccccc4c3)c3ccccc23)c1.c1ccc(-c2c(-c3c4ccccc4c(-c4ccc5oc6ccc7ccccc7c6c5c4)c4ccccc34)ccc3ccccc23)cc1.c1ccc(-c2cc3ccccc3cc2-c2c3ccccc3c(-c3ccc4oc5ccc6ccccc6c5c4c3)c3ccccc23)cc1. The highest BCUT2D eigenvalue weighted by atomic mass is 16.3. The van der Waals surface area contributed by atoms with Crippen LogP contribution in [0.4, 0.5) is 0 Å². The van der Waals surface area contributed by atoms with E-state index in [2.05, 4.69) is 510 Å². The third-order valence-corrected chi connectivity index (χ3v) is 29.5. The molecule has 0 amide bonds. The minimum absolute atomic E-state index is 0.911. The summed E-state index contributed by atoms with van der Waals surface area (Å²) >= 11 is 0. The van der Waals surface area contributed by atoms with Gasteiger partial charge in [-0.3, -0.25) is 0 Å². The molecule has 0 radical (unpaired) electrons. The lowest BCUT2D eigenvalue weighted by Crippen LogP contribution is -1.93. The van der Waals surface area contributed by atoms with Crippen molar-refractivity contribution in [2.75, 3.05) is 0 Å². The maximum Gasteiger partial charge on any atom is 0.136 e. The van der Waals surface area contributed by atoms with Crippen molar-refractivity contribution in [1.82, 2.24) is 0 Å². The summed E-state index contributed by atoms with van der Waals surface area (Å²) in [4.78, 5) is 0. The molecule has 0 bridgehead atoms. The second-order valence-corrected chi connectivity index (χ2v) is 37.3. The van der Waals surface area contributed by atoms with E-state index in [1.165, 1.54) is 246 Å². The van der Waals surface area contributed by atoms with E-state index in [0.29, 0.717) is 0 Å². The summed E-state index contributed by atoms with van der Waals surface area (Å²) in [5.74, 6) is 0. The summed E-state index contributed by atoms with van der Waals surface area (Å²) in [5.41, 5.74) is 27.7. The minimum atomic E-state index is 0.911. The highest BCUT2D eigenvalue weighted by Crippen LogP contribution is 2.54.